The molecule has 0 bridgehead atoms. The summed E-state index contributed by atoms with van der Waals surface area (Å²) in [5.41, 5.74) is 2.19. The molecule has 6 nitrogen and oxygen atoms in total. The number of fused-ring (bicyclic) bond motifs is 1. The monoisotopic (exact) mass is 460 g/mol. The van der Waals surface area contributed by atoms with Gasteiger partial charge in [0.05, 0.1) is 17.2 Å². The molecule has 0 amide bonds. The first-order valence-corrected chi connectivity index (χ1v) is 8.23. The average molecular weight is 460 g/mol. The highest BCUT2D eigenvalue weighted by Gasteiger charge is 2.13. The lowest BCUT2D eigenvalue weighted by Gasteiger charge is -2.11. The van der Waals surface area contributed by atoms with Gasteiger partial charge in [0.25, 0.3) is 0 Å². The van der Waals surface area contributed by atoms with E-state index in [1.165, 1.54) is 4.88 Å². The largest absolute Gasteiger partial charge is 0.454 e. The molecule has 1 aromatic carbocycles. The fraction of sp³-hybridized carbons (Fsp3) is 0.375. The first-order valence-electron chi connectivity index (χ1n) is 7.41. The smallest absolute Gasteiger partial charge is 0.231 e. The number of hydrogen-bond donors (Lipinski definition) is 2. The maximum absolute atomic E-state index is 5.39. The molecule has 0 fully saturated rings. The van der Waals surface area contributed by atoms with Crippen molar-refractivity contribution in [1.82, 2.24) is 15.6 Å². The third-order valence-electron chi connectivity index (χ3n) is 3.54. The molecule has 2 N–H and O–H groups in total. The Morgan fingerprint density at radius 1 is 1.21 bits per heavy atom. The van der Waals surface area contributed by atoms with Gasteiger partial charge in [-0.15, -0.1) is 35.3 Å². The number of guanidine groups is 1. The van der Waals surface area contributed by atoms with E-state index in [1.807, 2.05) is 32.0 Å². The van der Waals surface area contributed by atoms with Gasteiger partial charge in [0.2, 0.25) is 6.79 Å². The Morgan fingerprint density at radius 2 is 1.96 bits per heavy atom. The van der Waals surface area contributed by atoms with Gasteiger partial charge in [-0.05, 0) is 31.5 Å². The standard InChI is InChI=1S/C16H20N4O2S.HI/c1-10-15(23-11(2)20-10)8-19-16(17-3)18-7-12-4-5-13-14(6-12)22-9-21-13;/h4-6H,7-9H2,1-3H3,(H2,17,18,19);1H. The molecule has 0 radical (unpaired) electrons. The lowest BCUT2D eigenvalue weighted by Crippen LogP contribution is -2.36. The maximum atomic E-state index is 5.39. The number of rotatable bonds is 4. The molecular weight excluding hydrogens is 439 g/mol. The highest BCUT2D eigenvalue weighted by molar-refractivity contribution is 14.0. The minimum Gasteiger partial charge on any atom is -0.454 e. The van der Waals surface area contributed by atoms with Crippen LogP contribution in [0.25, 0.3) is 0 Å². The first-order chi connectivity index (χ1) is 11.2. The van der Waals surface area contributed by atoms with Crippen LogP contribution in [0.3, 0.4) is 0 Å². The van der Waals surface area contributed by atoms with E-state index in [1.54, 1.807) is 18.4 Å². The molecule has 3 rings (SSSR count). The van der Waals surface area contributed by atoms with E-state index >= 15 is 0 Å². The second kappa shape index (κ2) is 8.52. The molecule has 0 saturated heterocycles. The van der Waals surface area contributed by atoms with Crippen LogP contribution in [-0.4, -0.2) is 24.8 Å². The molecule has 0 unspecified atom stereocenters. The fourth-order valence-electron chi connectivity index (χ4n) is 2.36. The molecule has 1 aliphatic rings. The predicted octanol–water partition coefficient (Wildman–Crippen LogP) is 2.97. The molecule has 130 valence electrons. The number of benzene rings is 1. The Morgan fingerprint density at radius 3 is 2.67 bits per heavy atom. The maximum Gasteiger partial charge on any atom is 0.231 e. The third kappa shape index (κ3) is 4.50. The number of ether oxygens (including phenoxy) is 2. The summed E-state index contributed by atoms with van der Waals surface area (Å²) < 4.78 is 10.7. The second-order valence-corrected chi connectivity index (χ2v) is 6.50. The molecule has 0 aliphatic carbocycles. The van der Waals surface area contributed by atoms with E-state index in [-0.39, 0.29) is 24.0 Å². The van der Waals surface area contributed by atoms with Crippen molar-refractivity contribution in [3.63, 3.8) is 0 Å². The number of halogens is 1. The van der Waals surface area contributed by atoms with E-state index in [0.29, 0.717) is 13.3 Å². The van der Waals surface area contributed by atoms with Gasteiger partial charge in [0.1, 0.15) is 0 Å². The SMILES string of the molecule is CN=C(NCc1ccc2c(c1)OCO2)NCc1sc(C)nc1C.I. The highest BCUT2D eigenvalue weighted by atomic mass is 127. The Balaban J connectivity index is 0.00000208. The minimum atomic E-state index is 0. The van der Waals surface area contributed by atoms with E-state index in [2.05, 4.69) is 20.6 Å². The Bertz CT molecular complexity index is 733. The number of nitrogens with zero attached hydrogens (tertiary/aromatic N) is 2. The molecule has 2 aromatic rings. The van der Waals surface area contributed by atoms with Crippen molar-refractivity contribution in [3.05, 3.63) is 39.3 Å². The van der Waals surface area contributed by atoms with E-state index < -0.39 is 0 Å². The van der Waals surface area contributed by atoms with Crippen LogP contribution in [0.4, 0.5) is 0 Å². The van der Waals surface area contributed by atoms with Gasteiger partial charge in [-0.25, -0.2) is 4.98 Å². The molecule has 24 heavy (non-hydrogen) atoms. The number of aryl methyl sites for hydroxylation is 2. The zero-order valence-corrected chi connectivity index (χ0v) is 17.0. The van der Waals surface area contributed by atoms with Gasteiger partial charge in [0, 0.05) is 18.5 Å². The van der Waals surface area contributed by atoms with Crippen LogP contribution >= 0.6 is 35.3 Å². The van der Waals surface area contributed by atoms with Gasteiger partial charge < -0.3 is 20.1 Å². The lowest BCUT2D eigenvalue weighted by atomic mass is 10.2. The predicted molar refractivity (Wildman–Crippen MR) is 107 cm³/mol. The topological polar surface area (TPSA) is 67.8 Å². The van der Waals surface area contributed by atoms with Crippen LogP contribution in [-0.2, 0) is 13.1 Å². The normalized spacial score (nSPS) is 12.7. The second-order valence-electron chi connectivity index (χ2n) is 5.21. The summed E-state index contributed by atoms with van der Waals surface area (Å²) in [6.07, 6.45) is 0. The summed E-state index contributed by atoms with van der Waals surface area (Å²) >= 11 is 1.71. The summed E-state index contributed by atoms with van der Waals surface area (Å²) in [5.74, 6) is 2.35. The number of thiazole rings is 1. The molecular formula is C16H21IN4O2S. The molecule has 2 heterocycles. The van der Waals surface area contributed by atoms with Crippen LogP contribution in [0.15, 0.2) is 23.2 Å². The Kier molecular flexibility index (Phi) is 6.67. The molecule has 8 heteroatoms. The third-order valence-corrected chi connectivity index (χ3v) is 4.61. The van der Waals surface area contributed by atoms with E-state index in [9.17, 15) is 0 Å². The number of hydrogen-bond acceptors (Lipinski definition) is 5. The van der Waals surface area contributed by atoms with E-state index in [4.69, 9.17) is 9.47 Å². The minimum absolute atomic E-state index is 0. The molecule has 0 spiro atoms. The Labute approximate surface area is 162 Å². The number of nitrogens with one attached hydrogen (secondary N) is 2. The van der Waals surface area contributed by atoms with Crippen molar-refractivity contribution in [2.24, 2.45) is 4.99 Å². The number of aromatic nitrogens is 1. The van der Waals surface area contributed by atoms with Crippen LogP contribution in [0, 0.1) is 13.8 Å². The van der Waals surface area contributed by atoms with Crippen molar-refractivity contribution in [3.8, 4) is 11.5 Å². The van der Waals surface area contributed by atoms with Crippen molar-refractivity contribution >= 4 is 41.3 Å². The molecule has 1 aromatic heterocycles. The fourth-order valence-corrected chi connectivity index (χ4v) is 3.24. The molecule has 1 aliphatic heterocycles. The van der Waals surface area contributed by atoms with Crippen molar-refractivity contribution in [2.45, 2.75) is 26.9 Å². The van der Waals surface area contributed by atoms with E-state index in [0.717, 1.165) is 40.3 Å². The molecule has 0 saturated carbocycles. The highest BCUT2D eigenvalue weighted by Crippen LogP contribution is 2.32. The summed E-state index contributed by atoms with van der Waals surface area (Å²) in [5, 5.41) is 7.70. The van der Waals surface area contributed by atoms with Crippen LogP contribution in [0.5, 0.6) is 11.5 Å². The first kappa shape index (κ1) is 18.8. The zero-order valence-electron chi connectivity index (χ0n) is 13.9. The van der Waals surface area contributed by atoms with Gasteiger partial charge >= 0.3 is 0 Å². The average Bonchev–Trinajstić information content (AvgIpc) is 3.13. The van der Waals surface area contributed by atoms with Gasteiger partial charge in [0.15, 0.2) is 17.5 Å². The van der Waals surface area contributed by atoms with Gasteiger partial charge in [-0.2, -0.15) is 0 Å². The lowest BCUT2D eigenvalue weighted by molar-refractivity contribution is 0.174. The summed E-state index contributed by atoms with van der Waals surface area (Å²) in [6, 6.07) is 5.93. The molecule has 0 atom stereocenters. The summed E-state index contributed by atoms with van der Waals surface area (Å²) in [7, 11) is 1.76. The quantitative estimate of drug-likeness (QED) is 0.417. The van der Waals surface area contributed by atoms with Crippen LogP contribution in [0.1, 0.15) is 21.1 Å². The summed E-state index contributed by atoms with van der Waals surface area (Å²) in [6.45, 7) is 5.73. The number of aliphatic imine (C=N–C) groups is 1. The van der Waals surface area contributed by atoms with Crippen molar-refractivity contribution < 1.29 is 9.47 Å². The van der Waals surface area contributed by atoms with Crippen molar-refractivity contribution in [1.29, 1.82) is 0 Å². The Hall–Kier alpha value is -1.55. The summed E-state index contributed by atoms with van der Waals surface area (Å²) in [4.78, 5) is 9.91. The van der Waals surface area contributed by atoms with Gasteiger partial charge in [-0.3, -0.25) is 4.99 Å². The van der Waals surface area contributed by atoms with Gasteiger partial charge in [-0.1, -0.05) is 6.07 Å². The zero-order chi connectivity index (χ0) is 16.2. The van der Waals surface area contributed by atoms with Crippen LogP contribution in [0.2, 0.25) is 0 Å². The van der Waals surface area contributed by atoms with Crippen LogP contribution < -0.4 is 20.1 Å². The van der Waals surface area contributed by atoms with Crippen molar-refractivity contribution in [2.75, 3.05) is 13.8 Å².